The zero-order valence-corrected chi connectivity index (χ0v) is 19.8. The molecule has 0 amide bonds. The van der Waals surface area contributed by atoms with Crippen molar-refractivity contribution in [2.45, 2.75) is 6.92 Å². The molecule has 4 rings (SSSR count). The van der Waals surface area contributed by atoms with Crippen LogP contribution in [0.15, 0.2) is 77.9 Å². The van der Waals surface area contributed by atoms with E-state index in [-0.39, 0.29) is 0 Å². The maximum atomic E-state index is 12.6. The smallest absolute Gasteiger partial charge is 0.347 e. The molecule has 7 nitrogen and oxygen atoms in total. The van der Waals surface area contributed by atoms with Gasteiger partial charge < -0.3 is 14.2 Å². The van der Waals surface area contributed by atoms with Crippen molar-refractivity contribution in [1.82, 2.24) is 4.98 Å². The van der Waals surface area contributed by atoms with Gasteiger partial charge in [-0.3, -0.25) is 5.43 Å². The zero-order valence-electron chi connectivity index (χ0n) is 18.9. The summed E-state index contributed by atoms with van der Waals surface area (Å²) in [6.07, 6.45) is 1.65. The fourth-order valence-electron chi connectivity index (χ4n) is 3.29. The molecule has 0 fully saturated rings. The van der Waals surface area contributed by atoms with Gasteiger partial charge in [0.25, 0.3) is 0 Å². The lowest BCUT2D eigenvalue weighted by atomic mass is 10.1. The Kier molecular flexibility index (Phi) is 7.19. The Morgan fingerprint density at radius 2 is 1.68 bits per heavy atom. The third-order valence-electron chi connectivity index (χ3n) is 4.93. The molecule has 1 N–H and O–H groups in total. The molecule has 172 valence electrons. The monoisotopic (exact) mass is 473 g/mol. The second kappa shape index (κ2) is 10.6. The van der Waals surface area contributed by atoms with Crippen molar-refractivity contribution >= 4 is 28.7 Å². The van der Waals surface area contributed by atoms with Crippen molar-refractivity contribution in [3.05, 3.63) is 88.8 Å². The van der Waals surface area contributed by atoms with Gasteiger partial charge in [0.05, 0.1) is 26.1 Å². The van der Waals surface area contributed by atoms with E-state index in [1.807, 2.05) is 37.3 Å². The molecule has 0 saturated heterocycles. The number of aromatic nitrogens is 1. The minimum absolute atomic E-state index is 0.298. The molecule has 0 aliphatic carbocycles. The standard InChI is InChI=1S/C26H23N3O4S/c1-17-24(19-9-5-4-6-10-19)28-26(34-17)29-27-16-18-13-14-22(23(15-18)32-3)33-25(30)20-11-7-8-12-21(20)31-2/h4-16H,1-3H3,(H,28,29)/b27-16+. The minimum atomic E-state index is -0.535. The average molecular weight is 474 g/mol. The molecule has 0 bridgehead atoms. The summed E-state index contributed by atoms with van der Waals surface area (Å²) in [6, 6.07) is 22.1. The van der Waals surface area contributed by atoms with Gasteiger partial charge in [-0.2, -0.15) is 5.10 Å². The number of aryl methyl sites for hydroxylation is 1. The third kappa shape index (κ3) is 5.24. The SMILES string of the molecule is COc1cc(/C=N/Nc2nc(-c3ccccc3)c(C)s2)ccc1OC(=O)c1ccccc1OC. The highest BCUT2D eigenvalue weighted by atomic mass is 32.1. The maximum Gasteiger partial charge on any atom is 0.347 e. The number of hydrazone groups is 1. The molecule has 1 aromatic heterocycles. The van der Waals surface area contributed by atoms with Crippen LogP contribution in [0.4, 0.5) is 5.13 Å². The molecule has 0 aliphatic heterocycles. The number of thiazole rings is 1. The van der Waals surface area contributed by atoms with E-state index < -0.39 is 5.97 Å². The molecule has 8 heteroatoms. The number of hydrogen-bond acceptors (Lipinski definition) is 8. The maximum absolute atomic E-state index is 12.6. The molecular weight excluding hydrogens is 450 g/mol. The van der Waals surface area contributed by atoms with E-state index in [1.165, 1.54) is 25.6 Å². The number of esters is 1. The highest BCUT2D eigenvalue weighted by molar-refractivity contribution is 7.16. The topological polar surface area (TPSA) is 82.0 Å². The van der Waals surface area contributed by atoms with Gasteiger partial charge in [-0.25, -0.2) is 9.78 Å². The number of rotatable bonds is 8. The lowest BCUT2D eigenvalue weighted by Gasteiger charge is -2.11. The number of benzene rings is 3. The highest BCUT2D eigenvalue weighted by Gasteiger charge is 2.16. The second-order valence-electron chi connectivity index (χ2n) is 7.16. The molecular formula is C26H23N3O4S. The number of ether oxygens (including phenoxy) is 3. The van der Waals surface area contributed by atoms with E-state index in [2.05, 4.69) is 15.5 Å². The van der Waals surface area contributed by atoms with Crippen LogP contribution in [0.25, 0.3) is 11.3 Å². The summed E-state index contributed by atoms with van der Waals surface area (Å²) in [5.74, 6) is 0.608. The van der Waals surface area contributed by atoms with Gasteiger partial charge in [0.1, 0.15) is 11.3 Å². The van der Waals surface area contributed by atoms with Crippen LogP contribution in [0.1, 0.15) is 20.8 Å². The van der Waals surface area contributed by atoms with E-state index in [0.717, 1.165) is 21.7 Å². The normalized spacial score (nSPS) is 10.8. The van der Waals surface area contributed by atoms with Crippen molar-refractivity contribution in [2.24, 2.45) is 5.10 Å². The molecule has 3 aromatic carbocycles. The summed E-state index contributed by atoms with van der Waals surface area (Å²) in [4.78, 5) is 18.3. The second-order valence-corrected chi connectivity index (χ2v) is 8.36. The first-order valence-corrected chi connectivity index (χ1v) is 11.3. The fourth-order valence-corrected chi connectivity index (χ4v) is 4.07. The molecule has 0 saturated carbocycles. The predicted octanol–water partition coefficient (Wildman–Crippen LogP) is 5.80. The predicted molar refractivity (Wildman–Crippen MR) is 134 cm³/mol. The fraction of sp³-hybridized carbons (Fsp3) is 0.115. The number of methoxy groups -OCH3 is 2. The lowest BCUT2D eigenvalue weighted by Crippen LogP contribution is -2.10. The van der Waals surface area contributed by atoms with Crippen LogP contribution < -0.4 is 19.6 Å². The Morgan fingerprint density at radius 1 is 0.941 bits per heavy atom. The van der Waals surface area contributed by atoms with Crippen LogP contribution in [0.5, 0.6) is 17.2 Å². The number of para-hydroxylation sites is 1. The van der Waals surface area contributed by atoms with Gasteiger partial charge in [-0.15, -0.1) is 11.3 Å². The summed E-state index contributed by atoms with van der Waals surface area (Å²) >= 11 is 1.53. The Bertz CT molecular complexity index is 1320. The number of carbonyl (C=O) groups is 1. The van der Waals surface area contributed by atoms with E-state index >= 15 is 0 Å². The Labute approximate surface area is 201 Å². The molecule has 0 unspecified atom stereocenters. The van der Waals surface area contributed by atoms with Gasteiger partial charge in [-0.05, 0) is 42.8 Å². The summed E-state index contributed by atoms with van der Waals surface area (Å²) in [5.41, 5.74) is 6.07. The van der Waals surface area contributed by atoms with E-state index in [9.17, 15) is 4.79 Å². The molecule has 0 atom stereocenters. The van der Waals surface area contributed by atoms with Gasteiger partial charge in [0, 0.05) is 10.4 Å². The lowest BCUT2D eigenvalue weighted by molar-refractivity contribution is 0.0726. The first-order valence-electron chi connectivity index (χ1n) is 10.4. The Morgan fingerprint density at radius 3 is 2.44 bits per heavy atom. The molecule has 0 spiro atoms. The van der Waals surface area contributed by atoms with Crippen molar-refractivity contribution in [2.75, 3.05) is 19.6 Å². The largest absolute Gasteiger partial charge is 0.496 e. The number of nitrogens with zero attached hydrogens (tertiary/aromatic N) is 2. The Hall–Kier alpha value is -4.17. The van der Waals surface area contributed by atoms with Gasteiger partial charge >= 0.3 is 5.97 Å². The molecule has 0 radical (unpaired) electrons. The van der Waals surface area contributed by atoms with Gasteiger partial charge in [0.2, 0.25) is 5.13 Å². The van der Waals surface area contributed by atoms with Crippen molar-refractivity contribution in [3.8, 4) is 28.5 Å². The number of anilines is 1. The average Bonchev–Trinajstić information content (AvgIpc) is 3.25. The van der Waals surface area contributed by atoms with E-state index in [0.29, 0.717) is 27.9 Å². The first kappa shape index (κ1) is 23.0. The van der Waals surface area contributed by atoms with Crippen LogP contribution in [-0.4, -0.2) is 31.4 Å². The number of hydrogen-bond donors (Lipinski definition) is 1. The highest BCUT2D eigenvalue weighted by Crippen LogP contribution is 2.31. The Balaban J connectivity index is 1.45. The van der Waals surface area contributed by atoms with Crippen LogP contribution in [0.2, 0.25) is 0 Å². The number of carbonyl (C=O) groups excluding carboxylic acids is 1. The summed E-state index contributed by atoms with van der Waals surface area (Å²) in [7, 11) is 3.02. The molecule has 0 aliphatic rings. The number of nitrogens with one attached hydrogen (secondary N) is 1. The quantitative estimate of drug-likeness (QED) is 0.151. The summed E-state index contributed by atoms with van der Waals surface area (Å²) in [5, 5.41) is 4.99. The summed E-state index contributed by atoms with van der Waals surface area (Å²) < 4.78 is 16.2. The van der Waals surface area contributed by atoms with Crippen LogP contribution in [0, 0.1) is 6.92 Å². The van der Waals surface area contributed by atoms with Crippen LogP contribution in [-0.2, 0) is 0 Å². The first-order chi connectivity index (χ1) is 16.6. The minimum Gasteiger partial charge on any atom is -0.496 e. The van der Waals surface area contributed by atoms with Crippen molar-refractivity contribution in [1.29, 1.82) is 0 Å². The van der Waals surface area contributed by atoms with Crippen molar-refractivity contribution in [3.63, 3.8) is 0 Å². The summed E-state index contributed by atoms with van der Waals surface area (Å²) in [6.45, 7) is 2.03. The third-order valence-corrected chi connectivity index (χ3v) is 5.81. The molecule has 1 heterocycles. The molecule has 34 heavy (non-hydrogen) atoms. The zero-order chi connectivity index (χ0) is 23.9. The van der Waals surface area contributed by atoms with Crippen molar-refractivity contribution < 1.29 is 19.0 Å². The van der Waals surface area contributed by atoms with E-state index in [1.54, 1.807) is 48.7 Å². The van der Waals surface area contributed by atoms with Gasteiger partial charge in [0.15, 0.2) is 11.5 Å². The van der Waals surface area contributed by atoms with Crippen LogP contribution >= 0.6 is 11.3 Å². The van der Waals surface area contributed by atoms with E-state index in [4.69, 9.17) is 14.2 Å². The van der Waals surface area contributed by atoms with Crippen LogP contribution in [0.3, 0.4) is 0 Å². The molecule has 4 aromatic rings. The van der Waals surface area contributed by atoms with Gasteiger partial charge in [-0.1, -0.05) is 42.5 Å².